The van der Waals surface area contributed by atoms with Crippen LogP contribution < -0.4 is 5.32 Å². The van der Waals surface area contributed by atoms with Crippen molar-refractivity contribution in [3.63, 3.8) is 0 Å². The molecule has 0 spiro atoms. The van der Waals surface area contributed by atoms with Crippen LogP contribution in [0.2, 0.25) is 0 Å². The molecule has 1 rings (SSSR count). The number of hydrogen-bond donors (Lipinski definition) is 1. The maximum Gasteiger partial charge on any atom is 0.389 e. The summed E-state index contributed by atoms with van der Waals surface area (Å²) in [5, 5.41) is 13.4. The third-order valence-electron chi connectivity index (χ3n) is 2.45. The van der Waals surface area contributed by atoms with Gasteiger partial charge in [-0.05, 0) is 25.3 Å². The molecule has 5 nitrogen and oxygen atoms in total. The zero-order valence-electron chi connectivity index (χ0n) is 10.3. The summed E-state index contributed by atoms with van der Waals surface area (Å²) >= 11 is 0. The van der Waals surface area contributed by atoms with E-state index in [-0.39, 0.29) is 12.1 Å². The molecule has 19 heavy (non-hydrogen) atoms. The largest absolute Gasteiger partial charge is 0.389 e. The Morgan fingerprint density at radius 2 is 2.11 bits per heavy atom. The number of aromatic nitrogens is 1. The minimum absolute atomic E-state index is 0.0442. The molecule has 0 saturated carbocycles. The highest BCUT2D eigenvalue weighted by Gasteiger charge is 2.25. The SMILES string of the molecule is Cc1cc([N+](=O)[O-])cnc1NCCCCC(F)(F)F. The molecule has 106 valence electrons. The summed E-state index contributed by atoms with van der Waals surface area (Å²) < 4.78 is 35.7. The minimum Gasteiger partial charge on any atom is -0.370 e. The van der Waals surface area contributed by atoms with Gasteiger partial charge in [0.2, 0.25) is 0 Å². The first-order chi connectivity index (χ1) is 8.79. The second kappa shape index (κ2) is 6.35. The fourth-order valence-electron chi connectivity index (χ4n) is 1.50. The van der Waals surface area contributed by atoms with Gasteiger partial charge in [-0.2, -0.15) is 13.2 Å². The van der Waals surface area contributed by atoms with Crippen molar-refractivity contribution in [3.8, 4) is 0 Å². The molecule has 0 unspecified atom stereocenters. The average molecular weight is 277 g/mol. The van der Waals surface area contributed by atoms with E-state index < -0.39 is 17.5 Å². The van der Waals surface area contributed by atoms with E-state index in [1.54, 1.807) is 6.92 Å². The molecule has 0 aromatic carbocycles. The van der Waals surface area contributed by atoms with Crippen LogP contribution in [0.1, 0.15) is 24.8 Å². The molecule has 0 aliphatic heterocycles. The minimum atomic E-state index is -4.12. The number of nitro groups is 1. The Morgan fingerprint density at radius 1 is 1.42 bits per heavy atom. The van der Waals surface area contributed by atoms with Gasteiger partial charge in [0.25, 0.3) is 5.69 Å². The van der Waals surface area contributed by atoms with E-state index in [9.17, 15) is 23.3 Å². The Balaban J connectivity index is 2.40. The average Bonchev–Trinajstić information content (AvgIpc) is 2.28. The summed E-state index contributed by atoms with van der Waals surface area (Å²) in [7, 11) is 0. The van der Waals surface area contributed by atoms with Crippen molar-refractivity contribution in [1.82, 2.24) is 4.98 Å². The first kappa shape index (κ1) is 15.2. The Labute approximate surface area is 108 Å². The van der Waals surface area contributed by atoms with E-state index >= 15 is 0 Å². The number of nitrogens with zero attached hydrogens (tertiary/aromatic N) is 2. The second-order valence-corrected chi connectivity index (χ2v) is 4.12. The molecular formula is C11H14F3N3O2. The van der Waals surface area contributed by atoms with Crippen LogP contribution in [0, 0.1) is 17.0 Å². The van der Waals surface area contributed by atoms with Crippen LogP contribution in [0.5, 0.6) is 0 Å². The Kier molecular flexibility index (Phi) is 5.08. The van der Waals surface area contributed by atoms with Crippen LogP contribution in [-0.2, 0) is 0 Å². The van der Waals surface area contributed by atoms with Crippen LogP contribution >= 0.6 is 0 Å². The maximum absolute atomic E-state index is 11.9. The highest BCUT2D eigenvalue weighted by molar-refractivity contribution is 5.48. The van der Waals surface area contributed by atoms with Crippen LogP contribution in [-0.4, -0.2) is 22.6 Å². The van der Waals surface area contributed by atoms with Crippen molar-refractivity contribution in [1.29, 1.82) is 0 Å². The van der Waals surface area contributed by atoms with Crippen LogP contribution in [0.3, 0.4) is 0 Å². The summed E-state index contributed by atoms with van der Waals surface area (Å²) in [6.07, 6.45) is -3.41. The van der Waals surface area contributed by atoms with E-state index in [1.165, 1.54) is 6.07 Å². The highest BCUT2D eigenvalue weighted by Crippen LogP contribution is 2.22. The summed E-state index contributed by atoms with van der Waals surface area (Å²) in [6, 6.07) is 1.37. The normalized spacial score (nSPS) is 11.4. The lowest BCUT2D eigenvalue weighted by atomic mass is 10.2. The van der Waals surface area contributed by atoms with Crippen molar-refractivity contribution in [3.05, 3.63) is 27.9 Å². The quantitative estimate of drug-likeness (QED) is 0.491. The lowest BCUT2D eigenvalue weighted by Crippen LogP contribution is -2.09. The van der Waals surface area contributed by atoms with Gasteiger partial charge in [0, 0.05) is 19.0 Å². The van der Waals surface area contributed by atoms with Crippen LogP contribution in [0.25, 0.3) is 0 Å². The predicted octanol–water partition coefficient (Wildman–Crippen LogP) is 3.44. The van der Waals surface area contributed by atoms with E-state index in [2.05, 4.69) is 10.3 Å². The first-order valence-electron chi connectivity index (χ1n) is 5.71. The third-order valence-corrected chi connectivity index (χ3v) is 2.45. The van der Waals surface area contributed by atoms with Crippen LogP contribution in [0.4, 0.5) is 24.7 Å². The number of nitrogens with one attached hydrogen (secondary N) is 1. The van der Waals surface area contributed by atoms with Gasteiger partial charge in [0.15, 0.2) is 0 Å². The molecule has 8 heteroatoms. The molecule has 0 amide bonds. The Morgan fingerprint density at radius 3 is 2.63 bits per heavy atom. The molecule has 0 aliphatic carbocycles. The Bertz CT molecular complexity index is 449. The fraction of sp³-hybridized carbons (Fsp3) is 0.545. The topological polar surface area (TPSA) is 68.1 Å². The smallest absolute Gasteiger partial charge is 0.370 e. The van der Waals surface area contributed by atoms with Crippen molar-refractivity contribution < 1.29 is 18.1 Å². The maximum atomic E-state index is 11.9. The summed E-state index contributed by atoms with van der Waals surface area (Å²) in [5.74, 6) is 0.456. The van der Waals surface area contributed by atoms with Crippen molar-refractivity contribution in [2.75, 3.05) is 11.9 Å². The van der Waals surface area contributed by atoms with Crippen molar-refractivity contribution in [2.45, 2.75) is 32.4 Å². The third kappa shape index (κ3) is 5.54. The highest BCUT2D eigenvalue weighted by atomic mass is 19.4. The lowest BCUT2D eigenvalue weighted by molar-refractivity contribution is -0.385. The van der Waals surface area contributed by atoms with Gasteiger partial charge in [-0.25, -0.2) is 4.98 Å². The zero-order chi connectivity index (χ0) is 14.5. The molecule has 0 atom stereocenters. The van der Waals surface area contributed by atoms with Crippen LogP contribution in [0.15, 0.2) is 12.3 Å². The van der Waals surface area contributed by atoms with Gasteiger partial charge in [0.05, 0.1) is 4.92 Å². The fourth-order valence-corrected chi connectivity index (χ4v) is 1.50. The number of aryl methyl sites for hydroxylation is 1. The second-order valence-electron chi connectivity index (χ2n) is 4.12. The molecule has 0 aliphatic rings. The van der Waals surface area contributed by atoms with E-state index in [0.717, 1.165) is 6.20 Å². The molecule has 0 bridgehead atoms. The van der Waals surface area contributed by atoms with Crippen molar-refractivity contribution in [2.24, 2.45) is 0 Å². The van der Waals surface area contributed by atoms with E-state index in [0.29, 0.717) is 24.3 Å². The molecule has 1 heterocycles. The van der Waals surface area contributed by atoms with Gasteiger partial charge in [0.1, 0.15) is 12.0 Å². The number of pyridine rings is 1. The molecular weight excluding hydrogens is 263 g/mol. The monoisotopic (exact) mass is 277 g/mol. The number of rotatable bonds is 6. The molecule has 1 aromatic heterocycles. The molecule has 1 N–H and O–H groups in total. The van der Waals surface area contributed by atoms with Gasteiger partial charge in [-0.3, -0.25) is 10.1 Å². The summed E-state index contributed by atoms with van der Waals surface area (Å²) in [5.41, 5.74) is 0.477. The number of alkyl halides is 3. The molecule has 0 fully saturated rings. The first-order valence-corrected chi connectivity index (χ1v) is 5.71. The Hall–Kier alpha value is -1.86. The number of halogens is 3. The van der Waals surface area contributed by atoms with Gasteiger partial charge in [-0.15, -0.1) is 0 Å². The zero-order valence-corrected chi connectivity index (χ0v) is 10.3. The number of hydrogen-bond acceptors (Lipinski definition) is 4. The van der Waals surface area contributed by atoms with Gasteiger partial charge in [-0.1, -0.05) is 0 Å². The standard InChI is InChI=1S/C11H14F3N3O2/c1-8-6-9(17(18)19)7-16-10(8)15-5-3-2-4-11(12,13)14/h6-7H,2-5H2,1H3,(H,15,16). The lowest BCUT2D eigenvalue weighted by Gasteiger charge is -2.09. The van der Waals surface area contributed by atoms with E-state index in [1.807, 2.05) is 0 Å². The summed E-state index contributed by atoms with van der Waals surface area (Å²) in [4.78, 5) is 13.8. The number of unbranched alkanes of at least 4 members (excludes halogenated alkanes) is 1. The van der Waals surface area contributed by atoms with Crippen molar-refractivity contribution >= 4 is 11.5 Å². The molecule has 0 saturated heterocycles. The molecule has 1 aromatic rings. The number of anilines is 1. The van der Waals surface area contributed by atoms with Gasteiger partial charge >= 0.3 is 6.18 Å². The van der Waals surface area contributed by atoms with Gasteiger partial charge < -0.3 is 5.32 Å². The predicted molar refractivity (Wildman–Crippen MR) is 64.0 cm³/mol. The molecule has 0 radical (unpaired) electrons. The van der Waals surface area contributed by atoms with E-state index in [4.69, 9.17) is 0 Å². The summed E-state index contributed by atoms with van der Waals surface area (Å²) in [6.45, 7) is 2.00.